The van der Waals surface area contributed by atoms with Crippen LogP contribution in [0.1, 0.15) is 46.4 Å². The van der Waals surface area contributed by atoms with Crippen LogP contribution in [0.25, 0.3) is 0 Å². The van der Waals surface area contributed by atoms with Crippen LogP contribution < -0.4 is 0 Å². The van der Waals surface area contributed by atoms with E-state index >= 15 is 0 Å². The summed E-state index contributed by atoms with van der Waals surface area (Å²) in [6.07, 6.45) is 0.0542. The topological polar surface area (TPSA) is 67.4 Å². The summed E-state index contributed by atoms with van der Waals surface area (Å²) in [5.74, 6) is -2.34. The molecule has 0 bridgehead atoms. The minimum absolute atomic E-state index is 0.0171. The molecule has 1 amide bonds. The average Bonchev–Trinajstić information content (AvgIpc) is 3.17. The lowest BCUT2D eigenvalue weighted by atomic mass is 10.1. The SMILES string of the molecule is Cc1cc(CN2CCc3oc(C(=O)N4CCC(F)(F)CC4)nc3C2)n(C)n1. The highest BCUT2D eigenvalue weighted by Gasteiger charge is 2.37. The van der Waals surface area contributed by atoms with Gasteiger partial charge in [-0.15, -0.1) is 0 Å². The van der Waals surface area contributed by atoms with Crippen molar-refractivity contribution in [1.82, 2.24) is 24.6 Å². The summed E-state index contributed by atoms with van der Waals surface area (Å²) in [5, 5.41) is 4.36. The Bertz CT molecular complexity index is 850. The maximum absolute atomic E-state index is 13.3. The summed E-state index contributed by atoms with van der Waals surface area (Å²) >= 11 is 0. The number of nitrogens with zero attached hydrogens (tertiary/aromatic N) is 5. The van der Waals surface area contributed by atoms with Gasteiger partial charge in [-0.3, -0.25) is 14.4 Å². The average molecular weight is 379 g/mol. The lowest BCUT2D eigenvalue weighted by molar-refractivity contribution is -0.0499. The second-order valence-electron chi connectivity index (χ2n) is 7.40. The molecule has 4 rings (SSSR count). The number of carbonyl (C=O) groups is 1. The van der Waals surface area contributed by atoms with E-state index in [1.54, 1.807) is 0 Å². The molecule has 2 aromatic heterocycles. The van der Waals surface area contributed by atoms with Crippen molar-refractivity contribution in [3.8, 4) is 0 Å². The monoisotopic (exact) mass is 379 g/mol. The van der Waals surface area contributed by atoms with E-state index in [0.29, 0.717) is 13.0 Å². The number of alkyl halides is 2. The smallest absolute Gasteiger partial charge is 0.309 e. The van der Waals surface area contributed by atoms with Crippen molar-refractivity contribution in [3.05, 3.63) is 34.8 Å². The Morgan fingerprint density at radius 1 is 1.30 bits per heavy atom. The lowest BCUT2D eigenvalue weighted by Crippen LogP contribution is -2.42. The number of likely N-dealkylation sites (tertiary alicyclic amines) is 1. The molecule has 27 heavy (non-hydrogen) atoms. The zero-order valence-electron chi connectivity index (χ0n) is 15.5. The lowest BCUT2D eigenvalue weighted by Gasteiger charge is -2.30. The van der Waals surface area contributed by atoms with Gasteiger partial charge in [-0.05, 0) is 13.0 Å². The van der Waals surface area contributed by atoms with Crippen LogP contribution in [-0.4, -0.2) is 56.0 Å². The van der Waals surface area contributed by atoms with Crippen molar-refractivity contribution in [2.75, 3.05) is 19.6 Å². The summed E-state index contributed by atoms with van der Waals surface area (Å²) < 4.78 is 34.1. The first kappa shape index (κ1) is 18.1. The van der Waals surface area contributed by atoms with Crippen LogP contribution in [0.5, 0.6) is 0 Å². The summed E-state index contributed by atoms with van der Waals surface area (Å²) in [7, 11) is 1.92. The summed E-state index contributed by atoms with van der Waals surface area (Å²) in [5.41, 5.74) is 2.85. The first-order chi connectivity index (χ1) is 12.8. The zero-order valence-corrected chi connectivity index (χ0v) is 15.5. The van der Waals surface area contributed by atoms with Gasteiger partial charge in [0.1, 0.15) is 5.76 Å². The molecule has 0 radical (unpaired) electrons. The number of rotatable bonds is 3. The molecule has 1 saturated heterocycles. The molecule has 7 nitrogen and oxygen atoms in total. The van der Waals surface area contributed by atoms with E-state index in [2.05, 4.69) is 21.0 Å². The van der Waals surface area contributed by atoms with Crippen LogP contribution in [0, 0.1) is 6.92 Å². The van der Waals surface area contributed by atoms with Crippen molar-refractivity contribution >= 4 is 5.91 Å². The Hall–Kier alpha value is -2.29. The first-order valence-electron chi connectivity index (χ1n) is 9.18. The number of carbonyl (C=O) groups excluding carboxylic acids is 1. The van der Waals surface area contributed by atoms with Crippen LogP contribution in [0.4, 0.5) is 8.78 Å². The van der Waals surface area contributed by atoms with Crippen LogP contribution in [0.3, 0.4) is 0 Å². The second kappa shape index (κ2) is 6.70. The third-order valence-corrected chi connectivity index (χ3v) is 5.26. The number of hydrogen-bond acceptors (Lipinski definition) is 5. The summed E-state index contributed by atoms with van der Waals surface area (Å²) in [4.78, 5) is 20.6. The Balaban J connectivity index is 1.43. The fourth-order valence-electron chi connectivity index (χ4n) is 3.69. The van der Waals surface area contributed by atoms with Gasteiger partial charge in [-0.2, -0.15) is 5.10 Å². The van der Waals surface area contributed by atoms with Gasteiger partial charge in [0.25, 0.3) is 11.8 Å². The Morgan fingerprint density at radius 2 is 2.04 bits per heavy atom. The van der Waals surface area contributed by atoms with Crippen molar-refractivity contribution < 1.29 is 18.0 Å². The second-order valence-corrected chi connectivity index (χ2v) is 7.40. The molecule has 0 unspecified atom stereocenters. The highest BCUT2D eigenvalue weighted by atomic mass is 19.3. The van der Waals surface area contributed by atoms with Crippen molar-refractivity contribution in [2.24, 2.45) is 7.05 Å². The third kappa shape index (κ3) is 3.73. The van der Waals surface area contributed by atoms with Crippen LogP contribution in [0.2, 0.25) is 0 Å². The number of fused-ring (bicyclic) bond motifs is 1. The van der Waals surface area contributed by atoms with Crippen LogP contribution in [0.15, 0.2) is 10.5 Å². The minimum Gasteiger partial charge on any atom is -0.437 e. The Morgan fingerprint density at radius 3 is 2.70 bits per heavy atom. The molecule has 0 atom stereocenters. The van der Waals surface area contributed by atoms with E-state index in [1.807, 2.05) is 18.7 Å². The fourth-order valence-corrected chi connectivity index (χ4v) is 3.69. The van der Waals surface area contributed by atoms with Gasteiger partial charge in [0.15, 0.2) is 0 Å². The molecule has 4 heterocycles. The molecule has 0 saturated carbocycles. The molecule has 0 aliphatic carbocycles. The summed E-state index contributed by atoms with van der Waals surface area (Å²) in [6, 6.07) is 2.05. The molecule has 9 heteroatoms. The van der Waals surface area contributed by atoms with E-state index in [4.69, 9.17) is 4.42 Å². The fraction of sp³-hybridized carbons (Fsp3) is 0.611. The Labute approximate surface area is 155 Å². The zero-order chi connectivity index (χ0) is 19.2. The quantitative estimate of drug-likeness (QED) is 0.818. The van der Waals surface area contributed by atoms with Gasteiger partial charge in [-0.1, -0.05) is 0 Å². The minimum atomic E-state index is -2.68. The normalized spacial score (nSPS) is 19.9. The number of aromatic nitrogens is 3. The molecule has 1 fully saturated rings. The number of amides is 1. The largest absolute Gasteiger partial charge is 0.437 e. The highest BCUT2D eigenvalue weighted by Crippen LogP contribution is 2.29. The van der Waals surface area contributed by atoms with Gasteiger partial charge in [0, 0.05) is 59.0 Å². The van der Waals surface area contributed by atoms with Gasteiger partial charge in [-0.25, -0.2) is 13.8 Å². The number of halogens is 2. The third-order valence-electron chi connectivity index (χ3n) is 5.26. The molecule has 2 aliphatic heterocycles. The number of aryl methyl sites for hydroxylation is 2. The summed E-state index contributed by atoms with van der Waals surface area (Å²) in [6.45, 7) is 4.16. The molecular weight excluding hydrogens is 356 g/mol. The maximum Gasteiger partial charge on any atom is 0.309 e. The molecular formula is C18H23F2N5O2. The van der Waals surface area contributed by atoms with Gasteiger partial charge in [0.05, 0.1) is 17.1 Å². The highest BCUT2D eigenvalue weighted by molar-refractivity contribution is 5.89. The van der Waals surface area contributed by atoms with Gasteiger partial charge in [0.2, 0.25) is 0 Å². The predicted octanol–water partition coefficient (Wildman–Crippen LogP) is 2.15. The van der Waals surface area contributed by atoms with Crippen LogP contribution >= 0.6 is 0 Å². The van der Waals surface area contributed by atoms with E-state index in [1.165, 1.54) is 4.90 Å². The molecule has 2 aliphatic rings. The first-order valence-corrected chi connectivity index (χ1v) is 9.18. The molecule has 146 valence electrons. The van der Waals surface area contributed by atoms with E-state index in [-0.39, 0.29) is 31.8 Å². The molecule has 2 aromatic rings. The molecule has 0 spiro atoms. The predicted molar refractivity (Wildman–Crippen MR) is 92.4 cm³/mol. The van der Waals surface area contributed by atoms with Gasteiger partial charge >= 0.3 is 5.91 Å². The van der Waals surface area contributed by atoms with Crippen molar-refractivity contribution in [3.63, 3.8) is 0 Å². The van der Waals surface area contributed by atoms with E-state index < -0.39 is 11.8 Å². The Kier molecular flexibility index (Phi) is 4.49. The van der Waals surface area contributed by atoms with Crippen molar-refractivity contribution in [2.45, 2.75) is 45.2 Å². The van der Waals surface area contributed by atoms with Crippen LogP contribution in [-0.2, 0) is 26.6 Å². The van der Waals surface area contributed by atoms with Crippen molar-refractivity contribution in [1.29, 1.82) is 0 Å². The maximum atomic E-state index is 13.3. The molecule has 0 aromatic carbocycles. The van der Waals surface area contributed by atoms with E-state index in [9.17, 15) is 13.6 Å². The van der Waals surface area contributed by atoms with Gasteiger partial charge < -0.3 is 9.32 Å². The number of oxazole rings is 1. The molecule has 0 N–H and O–H groups in total. The number of hydrogen-bond donors (Lipinski definition) is 0. The van der Waals surface area contributed by atoms with E-state index in [0.717, 1.165) is 35.9 Å². The number of piperidine rings is 1. The standard InChI is InChI=1S/C18H23F2N5O2/c1-12-9-13(23(2)22-12)10-24-6-3-15-14(11-24)21-16(27-15)17(26)25-7-4-18(19,20)5-8-25/h9H,3-8,10-11H2,1-2H3.